The number of carbonyl (C=O) groups is 1. The fraction of sp³-hybridized carbons (Fsp3) is 0.438. The van der Waals surface area contributed by atoms with E-state index in [1.807, 2.05) is 35.4 Å². The summed E-state index contributed by atoms with van der Waals surface area (Å²) in [5.74, 6) is 0.0690. The van der Waals surface area contributed by atoms with Gasteiger partial charge in [0.1, 0.15) is 0 Å². The number of carbonyl (C=O) groups excluding carboxylic acids is 1. The molecule has 0 saturated heterocycles. The van der Waals surface area contributed by atoms with E-state index in [0.717, 1.165) is 22.9 Å². The van der Waals surface area contributed by atoms with E-state index >= 15 is 0 Å². The van der Waals surface area contributed by atoms with E-state index in [1.54, 1.807) is 7.11 Å². The number of nitrogens with zero attached hydrogens (tertiary/aromatic N) is 1. The molecule has 0 spiro atoms. The van der Waals surface area contributed by atoms with Crippen LogP contribution in [0.4, 0.5) is 0 Å². The summed E-state index contributed by atoms with van der Waals surface area (Å²) in [6.45, 7) is 5.34. The molecule has 0 aliphatic rings. The third-order valence-corrected chi connectivity index (χ3v) is 3.72. The standard InChI is InChI=1S/C16H22N2O2/c1-4-12(2)18(9-10-20-3)16(19)14-5-6-15-13(11-14)7-8-17-15/h5-8,11-12,17H,4,9-10H2,1-3H3. The number of hydrogen-bond acceptors (Lipinski definition) is 2. The lowest BCUT2D eigenvalue weighted by atomic mass is 10.1. The number of amides is 1. The van der Waals surface area contributed by atoms with Crippen molar-refractivity contribution in [1.29, 1.82) is 0 Å². The summed E-state index contributed by atoms with van der Waals surface area (Å²) in [6.07, 6.45) is 2.82. The highest BCUT2D eigenvalue weighted by molar-refractivity contribution is 5.98. The quantitative estimate of drug-likeness (QED) is 0.880. The van der Waals surface area contributed by atoms with Crippen molar-refractivity contribution >= 4 is 16.8 Å². The monoisotopic (exact) mass is 274 g/mol. The molecule has 1 atom stereocenters. The minimum absolute atomic E-state index is 0.0690. The smallest absolute Gasteiger partial charge is 0.254 e. The molecule has 1 heterocycles. The van der Waals surface area contributed by atoms with Gasteiger partial charge < -0.3 is 14.6 Å². The molecule has 20 heavy (non-hydrogen) atoms. The average molecular weight is 274 g/mol. The van der Waals surface area contributed by atoms with Crippen LogP contribution < -0.4 is 0 Å². The molecule has 0 aliphatic carbocycles. The predicted molar refractivity (Wildman–Crippen MR) is 81.0 cm³/mol. The Morgan fingerprint density at radius 1 is 1.40 bits per heavy atom. The number of H-pyrrole nitrogens is 1. The van der Waals surface area contributed by atoms with E-state index in [0.29, 0.717) is 13.2 Å². The number of aromatic nitrogens is 1. The normalized spacial score (nSPS) is 12.6. The molecule has 1 aromatic carbocycles. The van der Waals surface area contributed by atoms with Gasteiger partial charge in [0.25, 0.3) is 5.91 Å². The maximum atomic E-state index is 12.7. The lowest BCUT2D eigenvalue weighted by Crippen LogP contribution is -2.40. The van der Waals surface area contributed by atoms with E-state index in [4.69, 9.17) is 4.74 Å². The molecule has 4 heteroatoms. The molecule has 1 N–H and O–H groups in total. The lowest BCUT2D eigenvalue weighted by molar-refractivity contribution is 0.0614. The van der Waals surface area contributed by atoms with E-state index < -0.39 is 0 Å². The number of nitrogens with one attached hydrogen (secondary N) is 1. The Labute approximate surface area is 119 Å². The third-order valence-electron chi connectivity index (χ3n) is 3.72. The van der Waals surface area contributed by atoms with Crippen LogP contribution in [0.2, 0.25) is 0 Å². The third kappa shape index (κ3) is 3.02. The summed E-state index contributed by atoms with van der Waals surface area (Å²) in [5.41, 5.74) is 1.78. The van der Waals surface area contributed by atoms with Gasteiger partial charge in [0.15, 0.2) is 0 Å². The summed E-state index contributed by atoms with van der Waals surface area (Å²) in [5, 5.41) is 1.06. The van der Waals surface area contributed by atoms with Gasteiger partial charge in [-0.2, -0.15) is 0 Å². The van der Waals surface area contributed by atoms with Gasteiger partial charge in [0, 0.05) is 42.4 Å². The van der Waals surface area contributed by atoms with Crippen molar-refractivity contribution in [3.63, 3.8) is 0 Å². The number of hydrogen-bond donors (Lipinski definition) is 1. The first-order chi connectivity index (χ1) is 9.67. The fourth-order valence-electron chi connectivity index (χ4n) is 2.28. The summed E-state index contributed by atoms with van der Waals surface area (Å²) in [6, 6.07) is 7.96. The molecule has 1 unspecified atom stereocenters. The molecule has 1 aromatic heterocycles. The van der Waals surface area contributed by atoms with Crippen LogP contribution in [0.3, 0.4) is 0 Å². The van der Waals surface area contributed by atoms with E-state index in [2.05, 4.69) is 18.8 Å². The van der Waals surface area contributed by atoms with Crippen LogP contribution in [0.1, 0.15) is 30.6 Å². The minimum atomic E-state index is 0.0690. The first-order valence-corrected chi connectivity index (χ1v) is 7.04. The van der Waals surface area contributed by atoms with Crippen LogP contribution in [0.15, 0.2) is 30.5 Å². The van der Waals surface area contributed by atoms with Crippen LogP contribution >= 0.6 is 0 Å². The van der Waals surface area contributed by atoms with Gasteiger partial charge in [-0.15, -0.1) is 0 Å². The van der Waals surface area contributed by atoms with Gasteiger partial charge >= 0.3 is 0 Å². The van der Waals surface area contributed by atoms with Gasteiger partial charge in [0.2, 0.25) is 0 Å². The topological polar surface area (TPSA) is 45.3 Å². The van der Waals surface area contributed by atoms with E-state index in [9.17, 15) is 4.79 Å². The van der Waals surface area contributed by atoms with E-state index in [-0.39, 0.29) is 11.9 Å². The number of methoxy groups -OCH3 is 1. The van der Waals surface area contributed by atoms with Crippen molar-refractivity contribution in [3.05, 3.63) is 36.0 Å². The number of aromatic amines is 1. The molecule has 0 bridgehead atoms. The second kappa shape index (κ2) is 6.57. The Balaban J connectivity index is 2.24. The van der Waals surface area contributed by atoms with Crippen LogP contribution in [0.5, 0.6) is 0 Å². The van der Waals surface area contributed by atoms with Gasteiger partial charge in [0.05, 0.1) is 6.61 Å². The van der Waals surface area contributed by atoms with Gasteiger partial charge in [-0.25, -0.2) is 0 Å². The van der Waals surface area contributed by atoms with Crippen LogP contribution in [0.25, 0.3) is 10.9 Å². The molecule has 2 aromatic rings. The zero-order valence-corrected chi connectivity index (χ0v) is 12.3. The van der Waals surface area contributed by atoms with Gasteiger partial charge in [-0.05, 0) is 37.6 Å². The highest BCUT2D eigenvalue weighted by Crippen LogP contribution is 2.17. The summed E-state index contributed by atoms with van der Waals surface area (Å²) in [4.78, 5) is 17.7. The SMILES string of the molecule is CCC(C)N(CCOC)C(=O)c1ccc2[nH]ccc2c1. The number of rotatable bonds is 6. The van der Waals surface area contributed by atoms with Crippen LogP contribution in [-0.4, -0.2) is 42.1 Å². The zero-order valence-electron chi connectivity index (χ0n) is 12.3. The second-order valence-electron chi connectivity index (χ2n) is 5.03. The molecule has 0 radical (unpaired) electrons. The highest BCUT2D eigenvalue weighted by atomic mass is 16.5. The maximum Gasteiger partial charge on any atom is 0.254 e. The minimum Gasteiger partial charge on any atom is -0.383 e. The highest BCUT2D eigenvalue weighted by Gasteiger charge is 2.20. The van der Waals surface area contributed by atoms with Gasteiger partial charge in [-0.1, -0.05) is 6.92 Å². The molecule has 0 saturated carbocycles. The Morgan fingerprint density at radius 3 is 2.90 bits per heavy atom. The Kier molecular flexibility index (Phi) is 4.79. The first-order valence-electron chi connectivity index (χ1n) is 7.04. The number of benzene rings is 1. The Hall–Kier alpha value is -1.81. The Morgan fingerprint density at radius 2 is 2.20 bits per heavy atom. The number of fused-ring (bicyclic) bond motifs is 1. The molecule has 4 nitrogen and oxygen atoms in total. The van der Waals surface area contributed by atoms with Crippen molar-refractivity contribution in [1.82, 2.24) is 9.88 Å². The van der Waals surface area contributed by atoms with E-state index in [1.165, 1.54) is 0 Å². The molecule has 0 fully saturated rings. The summed E-state index contributed by atoms with van der Waals surface area (Å²) >= 11 is 0. The molecular formula is C16H22N2O2. The lowest BCUT2D eigenvalue weighted by Gasteiger charge is -2.28. The first kappa shape index (κ1) is 14.6. The molecule has 2 rings (SSSR count). The fourth-order valence-corrected chi connectivity index (χ4v) is 2.28. The van der Waals surface area contributed by atoms with Crippen molar-refractivity contribution < 1.29 is 9.53 Å². The predicted octanol–water partition coefficient (Wildman–Crippen LogP) is 3.06. The largest absolute Gasteiger partial charge is 0.383 e. The number of ether oxygens (including phenoxy) is 1. The van der Waals surface area contributed by atoms with Crippen LogP contribution in [-0.2, 0) is 4.74 Å². The van der Waals surface area contributed by atoms with Crippen molar-refractivity contribution in [2.75, 3.05) is 20.3 Å². The molecule has 1 amide bonds. The summed E-state index contributed by atoms with van der Waals surface area (Å²) < 4.78 is 5.11. The van der Waals surface area contributed by atoms with Crippen LogP contribution in [0, 0.1) is 0 Å². The van der Waals surface area contributed by atoms with Gasteiger partial charge in [-0.3, -0.25) is 4.79 Å². The second-order valence-corrected chi connectivity index (χ2v) is 5.03. The zero-order chi connectivity index (χ0) is 14.5. The summed E-state index contributed by atoms with van der Waals surface area (Å²) in [7, 11) is 1.66. The molecule has 108 valence electrons. The van der Waals surface area contributed by atoms with Crippen molar-refractivity contribution in [3.8, 4) is 0 Å². The molecule has 0 aliphatic heterocycles. The van der Waals surface area contributed by atoms with Crippen molar-refractivity contribution in [2.24, 2.45) is 0 Å². The average Bonchev–Trinajstić information content (AvgIpc) is 2.94. The molecular weight excluding hydrogens is 252 g/mol. The Bertz CT molecular complexity index is 577. The van der Waals surface area contributed by atoms with Crippen molar-refractivity contribution in [2.45, 2.75) is 26.3 Å². The maximum absolute atomic E-state index is 12.7.